The molecule has 2 atom stereocenters. The van der Waals surface area contributed by atoms with Crippen molar-refractivity contribution in [2.75, 3.05) is 20.3 Å². The molecular formula is C10H19N3O2. The van der Waals surface area contributed by atoms with E-state index >= 15 is 0 Å². The van der Waals surface area contributed by atoms with Crippen molar-refractivity contribution < 1.29 is 9.84 Å². The van der Waals surface area contributed by atoms with Gasteiger partial charge in [-0.2, -0.15) is 5.10 Å². The van der Waals surface area contributed by atoms with Crippen LogP contribution in [-0.4, -0.2) is 41.3 Å². The highest BCUT2D eigenvalue weighted by Gasteiger charge is 2.10. The number of aliphatic hydroxyl groups is 1. The number of ether oxygens (including phenoxy) is 1. The van der Waals surface area contributed by atoms with Gasteiger partial charge in [-0.25, -0.2) is 0 Å². The van der Waals surface area contributed by atoms with Gasteiger partial charge in [0.2, 0.25) is 0 Å². The second kappa shape index (κ2) is 5.85. The Kier molecular flexibility index (Phi) is 4.74. The Morgan fingerprint density at radius 1 is 1.67 bits per heavy atom. The molecule has 2 unspecified atom stereocenters. The molecule has 1 aromatic rings. The number of aryl methyl sites for hydroxylation is 1. The molecule has 0 saturated carbocycles. The first kappa shape index (κ1) is 12.2. The normalized spacial score (nSPS) is 15.2. The van der Waals surface area contributed by atoms with Gasteiger partial charge in [0.25, 0.3) is 0 Å². The molecule has 0 radical (unpaired) electrons. The zero-order valence-electron chi connectivity index (χ0n) is 9.47. The summed E-state index contributed by atoms with van der Waals surface area (Å²) >= 11 is 0. The molecule has 0 fully saturated rings. The molecule has 0 aromatic carbocycles. The maximum absolute atomic E-state index is 9.45. The van der Waals surface area contributed by atoms with Crippen molar-refractivity contribution in [3.8, 4) is 0 Å². The van der Waals surface area contributed by atoms with Crippen LogP contribution in [0.5, 0.6) is 0 Å². The summed E-state index contributed by atoms with van der Waals surface area (Å²) in [4.78, 5) is 0. The number of nitrogens with one attached hydrogen (secondary N) is 1. The first-order valence-corrected chi connectivity index (χ1v) is 5.03. The van der Waals surface area contributed by atoms with Gasteiger partial charge in [0, 0.05) is 32.9 Å². The number of hydrogen-bond donors (Lipinski definition) is 2. The van der Waals surface area contributed by atoms with Crippen molar-refractivity contribution in [2.24, 2.45) is 7.05 Å². The van der Waals surface area contributed by atoms with Gasteiger partial charge in [-0.15, -0.1) is 0 Å². The number of aromatic nitrogens is 2. The quantitative estimate of drug-likeness (QED) is 0.702. The summed E-state index contributed by atoms with van der Waals surface area (Å²) in [7, 11) is 3.48. The highest BCUT2D eigenvalue weighted by molar-refractivity contribution is 5.05. The lowest BCUT2D eigenvalue weighted by Gasteiger charge is -2.16. The van der Waals surface area contributed by atoms with E-state index in [1.807, 2.05) is 24.7 Å². The topological polar surface area (TPSA) is 59.3 Å². The number of methoxy groups -OCH3 is 1. The van der Waals surface area contributed by atoms with E-state index in [-0.39, 0.29) is 6.04 Å². The Morgan fingerprint density at radius 3 is 2.93 bits per heavy atom. The van der Waals surface area contributed by atoms with E-state index in [1.54, 1.807) is 13.3 Å². The number of hydrogen-bond acceptors (Lipinski definition) is 4. The van der Waals surface area contributed by atoms with Crippen LogP contribution in [0.15, 0.2) is 12.3 Å². The molecule has 0 aliphatic heterocycles. The van der Waals surface area contributed by atoms with Gasteiger partial charge >= 0.3 is 0 Å². The largest absolute Gasteiger partial charge is 0.389 e. The lowest BCUT2D eigenvalue weighted by Crippen LogP contribution is -2.32. The Morgan fingerprint density at radius 2 is 2.40 bits per heavy atom. The fraction of sp³-hybridized carbons (Fsp3) is 0.700. The van der Waals surface area contributed by atoms with Crippen LogP contribution < -0.4 is 5.32 Å². The lowest BCUT2D eigenvalue weighted by atomic mass is 10.2. The predicted octanol–water partition coefficient (Wildman–Crippen LogP) is 0.0780. The summed E-state index contributed by atoms with van der Waals surface area (Å²) in [5.41, 5.74) is 1.10. The van der Waals surface area contributed by atoms with E-state index in [0.29, 0.717) is 13.2 Å². The lowest BCUT2D eigenvalue weighted by molar-refractivity contribution is 0.0629. The average molecular weight is 213 g/mol. The van der Waals surface area contributed by atoms with Crippen molar-refractivity contribution in [3.63, 3.8) is 0 Å². The van der Waals surface area contributed by atoms with Crippen LogP contribution in [0.2, 0.25) is 0 Å². The van der Waals surface area contributed by atoms with Crippen LogP contribution in [0.4, 0.5) is 0 Å². The second-order valence-corrected chi connectivity index (χ2v) is 3.62. The second-order valence-electron chi connectivity index (χ2n) is 3.62. The molecule has 5 nitrogen and oxygen atoms in total. The first-order chi connectivity index (χ1) is 7.15. The average Bonchev–Trinajstić information content (AvgIpc) is 2.61. The standard InChI is InChI=1S/C10H19N3O2/c1-8(10-4-5-12-13(10)2)11-6-9(14)7-15-3/h4-5,8-9,11,14H,6-7H2,1-3H3. The van der Waals surface area contributed by atoms with Crippen LogP contribution in [-0.2, 0) is 11.8 Å². The van der Waals surface area contributed by atoms with Crippen LogP contribution in [0, 0.1) is 0 Å². The van der Waals surface area contributed by atoms with Gasteiger partial charge in [0.15, 0.2) is 0 Å². The highest BCUT2D eigenvalue weighted by Crippen LogP contribution is 2.09. The smallest absolute Gasteiger partial charge is 0.0897 e. The van der Waals surface area contributed by atoms with E-state index < -0.39 is 6.10 Å². The maximum Gasteiger partial charge on any atom is 0.0897 e. The molecule has 1 heterocycles. The van der Waals surface area contributed by atoms with Crippen molar-refractivity contribution in [3.05, 3.63) is 18.0 Å². The minimum Gasteiger partial charge on any atom is -0.389 e. The van der Waals surface area contributed by atoms with Crippen molar-refractivity contribution in [1.29, 1.82) is 0 Å². The summed E-state index contributed by atoms with van der Waals surface area (Å²) in [5.74, 6) is 0. The van der Waals surface area contributed by atoms with Crippen molar-refractivity contribution in [1.82, 2.24) is 15.1 Å². The van der Waals surface area contributed by atoms with E-state index in [0.717, 1.165) is 5.69 Å². The molecule has 0 bridgehead atoms. The number of aliphatic hydroxyl groups excluding tert-OH is 1. The molecule has 2 N–H and O–H groups in total. The molecule has 5 heteroatoms. The first-order valence-electron chi connectivity index (χ1n) is 5.03. The fourth-order valence-electron chi connectivity index (χ4n) is 1.48. The van der Waals surface area contributed by atoms with Gasteiger partial charge < -0.3 is 15.2 Å². The number of rotatable bonds is 6. The van der Waals surface area contributed by atoms with E-state index in [2.05, 4.69) is 10.4 Å². The Bertz CT molecular complexity index is 288. The maximum atomic E-state index is 9.45. The third-order valence-corrected chi connectivity index (χ3v) is 2.32. The molecule has 0 amide bonds. The predicted molar refractivity (Wildman–Crippen MR) is 57.5 cm³/mol. The SMILES string of the molecule is COCC(O)CNC(C)c1ccnn1C. The van der Waals surface area contributed by atoms with E-state index in [9.17, 15) is 5.11 Å². The van der Waals surface area contributed by atoms with E-state index in [4.69, 9.17) is 4.74 Å². The molecule has 0 aliphatic carbocycles. The fourth-order valence-corrected chi connectivity index (χ4v) is 1.48. The molecule has 86 valence electrons. The minimum absolute atomic E-state index is 0.170. The van der Waals surface area contributed by atoms with Crippen LogP contribution in [0.3, 0.4) is 0 Å². The van der Waals surface area contributed by atoms with Gasteiger partial charge in [0.05, 0.1) is 18.4 Å². The molecule has 15 heavy (non-hydrogen) atoms. The molecule has 0 spiro atoms. The Hall–Kier alpha value is -0.910. The highest BCUT2D eigenvalue weighted by atomic mass is 16.5. The minimum atomic E-state index is -0.467. The number of nitrogens with zero attached hydrogens (tertiary/aromatic N) is 2. The summed E-state index contributed by atoms with van der Waals surface area (Å²) in [5, 5.41) is 16.8. The third-order valence-electron chi connectivity index (χ3n) is 2.32. The van der Waals surface area contributed by atoms with Crippen LogP contribution >= 0.6 is 0 Å². The molecule has 1 aromatic heterocycles. The van der Waals surface area contributed by atoms with Gasteiger partial charge in [-0.05, 0) is 13.0 Å². The van der Waals surface area contributed by atoms with Gasteiger partial charge in [0.1, 0.15) is 0 Å². The molecular weight excluding hydrogens is 194 g/mol. The zero-order valence-corrected chi connectivity index (χ0v) is 9.47. The molecule has 0 saturated heterocycles. The molecule has 1 rings (SSSR count). The van der Waals surface area contributed by atoms with E-state index in [1.165, 1.54) is 0 Å². The van der Waals surface area contributed by atoms with Crippen LogP contribution in [0.25, 0.3) is 0 Å². The zero-order chi connectivity index (χ0) is 11.3. The Labute approximate surface area is 90.1 Å². The van der Waals surface area contributed by atoms with Gasteiger partial charge in [-0.1, -0.05) is 0 Å². The monoisotopic (exact) mass is 213 g/mol. The Balaban J connectivity index is 2.36. The summed E-state index contributed by atoms with van der Waals surface area (Å²) in [6.07, 6.45) is 1.30. The van der Waals surface area contributed by atoms with Crippen molar-refractivity contribution >= 4 is 0 Å². The summed E-state index contributed by atoms with van der Waals surface area (Å²) in [6.45, 7) is 2.90. The van der Waals surface area contributed by atoms with Gasteiger partial charge in [-0.3, -0.25) is 4.68 Å². The summed E-state index contributed by atoms with van der Waals surface area (Å²) in [6, 6.07) is 2.13. The summed E-state index contributed by atoms with van der Waals surface area (Å²) < 4.78 is 6.66. The molecule has 0 aliphatic rings. The van der Waals surface area contributed by atoms with Crippen LogP contribution in [0.1, 0.15) is 18.7 Å². The van der Waals surface area contributed by atoms with Crippen molar-refractivity contribution in [2.45, 2.75) is 19.1 Å². The third kappa shape index (κ3) is 3.62.